The third kappa shape index (κ3) is 5.68. The molecule has 0 saturated carbocycles. The maximum absolute atomic E-state index is 14.1. The number of likely N-dealkylation sites (N-methyl/N-ethyl adjacent to an activating group) is 1. The summed E-state index contributed by atoms with van der Waals surface area (Å²) in [4.78, 5) is 15.0. The Morgan fingerprint density at radius 3 is 2.74 bits per heavy atom. The quantitative estimate of drug-likeness (QED) is 0.753. The number of para-hydroxylation sites is 1. The summed E-state index contributed by atoms with van der Waals surface area (Å²) in [6.07, 6.45) is 0.126. The van der Waals surface area contributed by atoms with E-state index in [2.05, 4.69) is 0 Å². The van der Waals surface area contributed by atoms with Gasteiger partial charge in [0, 0.05) is 17.1 Å². The van der Waals surface area contributed by atoms with Gasteiger partial charge in [0.1, 0.15) is 18.1 Å². The molecule has 27 heavy (non-hydrogen) atoms. The Labute approximate surface area is 163 Å². The number of quaternary nitrogens is 1. The first-order valence-electron chi connectivity index (χ1n) is 8.51. The summed E-state index contributed by atoms with van der Waals surface area (Å²) >= 11 is 6.06. The molecule has 2 rings (SSSR count). The van der Waals surface area contributed by atoms with E-state index in [-0.39, 0.29) is 31.1 Å². The normalized spacial score (nSPS) is 11.5. The lowest BCUT2D eigenvalue weighted by molar-refractivity contribution is -0.885. The summed E-state index contributed by atoms with van der Waals surface area (Å²) < 4.78 is 19.5. The molecule has 1 unspecified atom stereocenters. The second-order valence-electron chi connectivity index (χ2n) is 6.17. The molecule has 0 heterocycles. The lowest BCUT2D eigenvalue weighted by atomic mass is 10.2. The van der Waals surface area contributed by atoms with Gasteiger partial charge in [-0.25, -0.2) is 4.39 Å². The smallest absolute Gasteiger partial charge is 0.282 e. The monoisotopic (exact) mass is 390 g/mol. The number of nitrogens with one attached hydrogen (secondary N) is 1. The molecule has 2 aromatic carbocycles. The SMILES string of the molecule is COc1ccc(Cl)cc1C[NH+](C)CC(=O)N(CCC#N)c1ccccc1F. The highest BCUT2D eigenvalue weighted by atomic mass is 35.5. The van der Waals surface area contributed by atoms with E-state index in [4.69, 9.17) is 21.6 Å². The van der Waals surface area contributed by atoms with Crippen LogP contribution in [0, 0.1) is 17.1 Å². The number of hydrogen-bond donors (Lipinski definition) is 1. The first kappa shape index (κ1) is 20.7. The average molecular weight is 391 g/mol. The van der Waals surface area contributed by atoms with Crippen molar-refractivity contribution in [3.8, 4) is 11.8 Å². The Hall–Kier alpha value is -2.62. The highest BCUT2D eigenvalue weighted by molar-refractivity contribution is 6.30. The minimum Gasteiger partial charge on any atom is -0.496 e. The average Bonchev–Trinajstić information content (AvgIpc) is 2.63. The van der Waals surface area contributed by atoms with Crippen LogP contribution in [0.2, 0.25) is 5.02 Å². The van der Waals surface area contributed by atoms with Crippen molar-refractivity contribution in [3.05, 3.63) is 58.9 Å². The number of hydrogen-bond acceptors (Lipinski definition) is 3. The molecule has 1 N–H and O–H groups in total. The van der Waals surface area contributed by atoms with Crippen LogP contribution in [0.1, 0.15) is 12.0 Å². The van der Waals surface area contributed by atoms with E-state index in [0.29, 0.717) is 17.3 Å². The molecule has 7 heteroatoms. The lowest BCUT2D eigenvalue weighted by Crippen LogP contribution is -3.09. The van der Waals surface area contributed by atoms with Crippen molar-refractivity contribution in [2.75, 3.05) is 32.1 Å². The van der Waals surface area contributed by atoms with Crippen molar-refractivity contribution in [1.82, 2.24) is 0 Å². The largest absolute Gasteiger partial charge is 0.496 e. The van der Waals surface area contributed by atoms with Crippen LogP contribution in [-0.2, 0) is 11.3 Å². The maximum Gasteiger partial charge on any atom is 0.282 e. The number of halogens is 2. The van der Waals surface area contributed by atoms with E-state index in [1.807, 2.05) is 13.1 Å². The third-order valence-corrected chi connectivity index (χ3v) is 4.31. The Balaban J connectivity index is 2.14. The maximum atomic E-state index is 14.1. The highest BCUT2D eigenvalue weighted by Gasteiger charge is 2.22. The number of carbonyl (C=O) groups is 1. The third-order valence-electron chi connectivity index (χ3n) is 4.08. The molecule has 0 aliphatic carbocycles. The fourth-order valence-electron chi connectivity index (χ4n) is 2.84. The molecule has 1 atom stereocenters. The topological polar surface area (TPSA) is 57.8 Å². The molecule has 1 amide bonds. The minimum absolute atomic E-state index is 0.126. The zero-order chi connectivity index (χ0) is 19.8. The molecule has 2 aromatic rings. The van der Waals surface area contributed by atoms with Crippen molar-refractivity contribution in [3.63, 3.8) is 0 Å². The van der Waals surface area contributed by atoms with E-state index in [9.17, 15) is 9.18 Å². The summed E-state index contributed by atoms with van der Waals surface area (Å²) in [6, 6.07) is 13.4. The van der Waals surface area contributed by atoms with Gasteiger partial charge in [0.2, 0.25) is 0 Å². The van der Waals surface area contributed by atoms with Gasteiger partial charge in [0.25, 0.3) is 5.91 Å². The number of rotatable bonds is 8. The van der Waals surface area contributed by atoms with E-state index < -0.39 is 5.82 Å². The molecule has 0 spiro atoms. The molecule has 0 bridgehead atoms. The number of benzene rings is 2. The first-order chi connectivity index (χ1) is 13.0. The second kappa shape index (κ2) is 9.91. The predicted molar refractivity (Wildman–Crippen MR) is 102 cm³/mol. The Bertz CT molecular complexity index is 838. The van der Waals surface area contributed by atoms with Gasteiger partial charge in [-0.3, -0.25) is 4.79 Å². The number of nitrogens with zero attached hydrogens (tertiary/aromatic N) is 2. The molecular formula is C20H22ClFN3O2+. The summed E-state index contributed by atoms with van der Waals surface area (Å²) in [5.41, 5.74) is 1.07. The molecule has 0 radical (unpaired) electrons. The predicted octanol–water partition coefficient (Wildman–Crippen LogP) is 2.45. The first-order valence-corrected chi connectivity index (χ1v) is 8.89. The van der Waals surface area contributed by atoms with Gasteiger partial charge in [-0.1, -0.05) is 23.7 Å². The number of nitriles is 1. The molecule has 0 fully saturated rings. The van der Waals surface area contributed by atoms with Crippen LogP contribution in [0.15, 0.2) is 42.5 Å². The lowest BCUT2D eigenvalue weighted by Gasteiger charge is -2.24. The van der Waals surface area contributed by atoms with Crippen molar-refractivity contribution in [2.45, 2.75) is 13.0 Å². The zero-order valence-electron chi connectivity index (χ0n) is 15.3. The molecular weight excluding hydrogens is 369 g/mol. The van der Waals surface area contributed by atoms with E-state index in [1.165, 1.54) is 11.0 Å². The van der Waals surface area contributed by atoms with E-state index in [1.54, 1.807) is 43.5 Å². The summed E-state index contributed by atoms with van der Waals surface area (Å²) in [6.45, 7) is 0.790. The van der Waals surface area contributed by atoms with Crippen LogP contribution in [-0.4, -0.2) is 33.2 Å². The van der Waals surface area contributed by atoms with Crippen molar-refractivity contribution < 1.29 is 18.8 Å². The van der Waals surface area contributed by atoms with Gasteiger partial charge in [0.05, 0.1) is 32.3 Å². The Morgan fingerprint density at radius 1 is 1.33 bits per heavy atom. The van der Waals surface area contributed by atoms with Crippen LogP contribution in [0.4, 0.5) is 10.1 Å². The van der Waals surface area contributed by atoms with Gasteiger partial charge in [-0.2, -0.15) is 5.26 Å². The van der Waals surface area contributed by atoms with Gasteiger partial charge in [-0.15, -0.1) is 0 Å². The van der Waals surface area contributed by atoms with Crippen molar-refractivity contribution in [1.29, 1.82) is 5.26 Å². The Morgan fingerprint density at radius 2 is 2.07 bits per heavy atom. The number of amides is 1. The summed E-state index contributed by atoms with van der Waals surface area (Å²) in [5, 5.41) is 9.45. The van der Waals surface area contributed by atoms with Crippen LogP contribution >= 0.6 is 11.6 Å². The standard InChI is InChI=1S/C20H21ClFN3O2/c1-24(13-15-12-16(21)8-9-19(15)27-2)14-20(26)25(11-5-10-23)18-7-4-3-6-17(18)22/h3-4,6-9,12H,5,11,13-14H2,1-2H3/p+1. The second-order valence-corrected chi connectivity index (χ2v) is 6.61. The molecule has 142 valence electrons. The summed E-state index contributed by atoms with van der Waals surface area (Å²) in [5.74, 6) is -0.0477. The van der Waals surface area contributed by atoms with Gasteiger partial charge in [0.15, 0.2) is 6.54 Å². The molecule has 0 aliphatic heterocycles. The van der Waals surface area contributed by atoms with Crippen molar-refractivity contribution >= 4 is 23.2 Å². The zero-order valence-corrected chi connectivity index (χ0v) is 16.1. The molecule has 0 saturated heterocycles. The molecule has 0 aromatic heterocycles. The summed E-state index contributed by atoms with van der Waals surface area (Å²) in [7, 11) is 3.44. The van der Waals surface area contributed by atoms with Crippen LogP contribution in [0.3, 0.4) is 0 Å². The molecule has 5 nitrogen and oxygen atoms in total. The Kier molecular flexibility index (Phi) is 7.59. The van der Waals surface area contributed by atoms with Gasteiger partial charge < -0.3 is 14.5 Å². The van der Waals surface area contributed by atoms with Gasteiger partial charge in [-0.05, 0) is 30.3 Å². The number of methoxy groups -OCH3 is 1. The fourth-order valence-corrected chi connectivity index (χ4v) is 3.03. The van der Waals surface area contributed by atoms with Crippen LogP contribution < -0.4 is 14.5 Å². The van der Waals surface area contributed by atoms with Crippen molar-refractivity contribution in [2.24, 2.45) is 0 Å². The fraction of sp³-hybridized carbons (Fsp3) is 0.300. The highest BCUT2D eigenvalue weighted by Crippen LogP contribution is 2.22. The van der Waals surface area contributed by atoms with Crippen LogP contribution in [0.5, 0.6) is 5.75 Å². The minimum atomic E-state index is -0.488. The number of carbonyl (C=O) groups excluding carboxylic acids is 1. The van der Waals surface area contributed by atoms with Crippen LogP contribution in [0.25, 0.3) is 0 Å². The number of ether oxygens (including phenoxy) is 1. The number of anilines is 1. The van der Waals surface area contributed by atoms with Gasteiger partial charge >= 0.3 is 0 Å². The van der Waals surface area contributed by atoms with E-state index >= 15 is 0 Å². The van der Waals surface area contributed by atoms with E-state index in [0.717, 1.165) is 10.5 Å². The molecule has 0 aliphatic rings.